The van der Waals surface area contributed by atoms with Crippen molar-refractivity contribution in [3.05, 3.63) is 41.2 Å². The lowest BCUT2D eigenvalue weighted by molar-refractivity contribution is 1.09. The first-order valence-corrected chi connectivity index (χ1v) is 5.47. The second-order valence-electron chi connectivity index (χ2n) is 3.07. The number of hydrogen-bond donors (Lipinski definition) is 0. The third-order valence-electron chi connectivity index (χ3n) is 1.45. The third-order valence-corrected chi connectivity index (χ3v) is 1.45. The van der Waals surface area contributed by atoms with Gasteiger partial charge in [-0.25, -0.2) is 4.85 Å². The van der Waals surface area contributed by atoms with Crippen LogP contribution in [0.5, 0.6) is 0 Å². The van der Waals surface area contributed by atoms with Crippen molar-refractivity contribution < 1.29 is 0 Å². The number of rotatable bonds is 1. The smallest absolute Gasteiger partial charge is 0.187 e. The van der Waals surface area contributed by atoms with Crippen molar-refractivity contribution in [1.82, 2.24) is 0 Å². The van der Waals surface area contributed by atoms with Gasteiger partial charge in [0.25, 0.3) is 0 Å². The maximum Gasteiger partial charge on any atom is 0.187 e. The van der Waals surface area contributed by atoms with Crippen molar-refractivity contribution in [2.24, 2.45) is 0 Å². The van der Waals surface area contributed by atoms with E-state index >= 15 is 0 Å². The van der Waals surface area contributed by atoms with Crippen LogP contribution in [0.15, 0.2) is 24.3 Å². The standard InChI is InChI=1S/C9H9N.C3H8.C2H3N.CH4/c1-3-8-5-4-6-9(7-8)10-2;1-3-2;1-2-3;/h4-7H,3H2,1H3;3H2,1-2H3;1H3;1H4. The highest BCUT2D eigenvalue weighted by Crippen LogP contribution is 2.13. The monoisotopic (exact) mass is 232 g/mol. The van der Waals surface area contributed by atoms with Crippen LogP contribution in [0.2, 0.25) is 0 Å². The molecule has 1 aromatic carbocycles. The van der Waals surface area contributed by atoms with Crippen molar-refractivity contribution in [2.45, 2.75) is 48.0 Å². The number of aryl methyl sites for hydroxylation is 1. The van der Waals surface area contributed by atoms with E-state index in [-0.39, 0.29) is 7.43 Å². The predicted octanol–water partition coefficient (Wildman–Crippen LogP) is 5.38. The van der Waals surface area contributed by atoms with Crippen LogP contribution in [-0.2, 0) is 6.42 Å². The van der Waals surface area contributed by atoms with Crippen LogP contribution < -0.4 is 0 Å². The Hall–Kier alpha value is -1.80. The molecule has 0 aliphatic carbocycles. The van der Waals surface area contributed by atoms with E-state index in [9.17, 15) is 0 Å². The quantitative estimate of drug-likeness (QED) is 0.597. The summed E-state index contributed by atoms with van der Waals surface area (Å²) >= 11 is 0. The molecule has 0 aliphatic rings. The van der Waals surface area contributed by atoms with Crippen LogP contribution in [0.1, 0.15) is 47.1 Å². The molecule has 0 fully saturated rings. The van der Waals surface area contributed by atoms with Crippen molar-refractivity contribution in [2.75, 3.05) is 0 Å². The van der Waals surface area contributed by atoms with Gasteiger partial charge in [0.2, 0.25) is 0 Å². The summed E-state index contributed by atoms with van der Waals surface area (Å²) in [5.41, 5.74) is 1.97. The van der Waals surface area contributed by atoms with Crippen LogP contribution in [-0.4, -0.2) is 0 Å². The number of benzene rings is 1. The maximum absolute atomic E-state index is 7.32. The van der Waals surface area contributed by atoms with Crippen molar-refractivity contribution in [1.29, 1.82) is 5.26 Å². The van der Waals surface area contributed by atoms with Gasteiger partial charge in [0, 0.05) is 6.92 Å². The molecule has 0 amide bonds. The zero-order valence-electron chi connectivity index (χ0n) is 10.6. The minimum absolute atomic E-state index is 0. The Balaban J connectivity index is -0.000000240. The highest BCUT2D eigenvalue weighted by molar-refractivity contribution is 5.46. The number of nitriles is 1. The Kier molecular flexibility index (Phi) is 20.1. The topological polar surface area (TPSA) is 28.1 Å². The lowest BCUT2D eigenvalue weighted by Crippen LogP contribution is -1.75. The van der Waals surface area contributed by atoms with E-state index in [0.29, 0.717) is 0 Å². The van der Waals surface area contributed by atoms with Crippen molar-refractivity contribution in [3.63, 3.8) is 0 Å². The molecule has 94 valence electrons. The van der Waals surface area contributed by atoms with Gasteiger partial charge in [0.15, 0.2) is 5.69 Å². The third kappa shape index (κ3) is 14.2. The summed E-state index contributed by atoms with van der Waals surface area (Å²) in [6.07, 6.45) is 2.25. The summed E-state index contributed by atoms with van der Waals surface area (Å²) in [4.78, 5) is 3.33. The van der Waals surface area contributed by atoms with Crippen LogP contribution in [0.25, 0.3) is 4.85 Å². The Labute approximate surface area is 107 Å². The molecule has 2 heteroatoms. The fourth-order valence-electron chi connectivity index (χ4n) is 0.846. The number of nitrogens with zero attached hydrogens (tertiary/aromatic N) is 2. The van der Waals surface area contributed by atoms with E-state index in [0.717, 1.165) is 12.1 Å². The molecule has 0 atom stereocenters. The van der Waals surface area contributed by atoms with Crippen LogP contribution >= 0.6 is 0 Å². The first-order chi connectivity index (χ1) is 7.69. The van der Waals surface area contributed by atoms with Crippen LogP contribution in [0.3, 0.4) is 0 Å². The van der Waals surface area contributed by atoms with E-state index in [1.165, 1.54) is 18.9 Å². The first kappa shape index (κ1) is 20.6. The molecule has 1 rings (SSSR count). The first-order valence-electron chi connectivity index (χ1n) is 5.47. The summed E-state index contributed by atoms with van der Waals surface area (Å²) in [5, 5.41) is 7.32. The molecule has 0 heterocycles. The molecule has 0 bridgehead atoms. The van der Waals surface area contributed by atoms with E-state index in [4.69, 9.17) is 11.8 Å². The molecule has 0 unspecified atom stereocenters. The normalized spacial score (nSPS) is 6.71. The molecule has 1 aromatic rings. The molecule has 0 spiro atoms. The van der Waals surface area contributed by atoms with Crippen molar-refractivity contribution >= 4 is 5.69 Å². The minimum atomic E-state index is 0. The summed E-state index contributed by atoms with van der Waals surface area (Å²) in [7, 11) is 0. The van der Waals surface area contributed by atoms with Gasteiger partial charge in [-0.1, -0.05) is 64.4 Å². The second kappa shape index (κ2) is 16.6. The van der Waals surface area contributed by atoms with Gasteiger partial charge >= 0.3 is 0 Å². The molecular formula is C15H24N2. The molecular weight excluding hydrogens is 208 g/mol. The van der Waals surface area contributed by atoms with Crippen molar-refractivity contribution in [3.8, 4) is 6.07 Å². The predicted molar refractivity (Wildman–Crippen MR) is 76.1 cm³/mol. The van der Waals surface area contributed by atoms with E-state index < -0.39 is 0 Å². The molecule has 0 aliphatic heterocycles. The van der Waals surface area contributed by atoms with Gasteiger partial charge in [-0.3, -0.25) is 0 Å². The summed E-state index contributed by atoms with van der Waals surface area (Å²) in [6, 6.07) is 9.46. The summed E-state index contributed by atoms with van der Waals surface area (Å²) in [6.45, 7) is 14.5. The van der Waals surface area contributed by atoms with Crippen LogP contribution in [0.4, 0.5) is 5.69 Å². The van der Waals surface area contributed by atoms with Gasteiger partial charge in [0.1, 0.15) is 0 Å². The Morgan fingerprint density at radius 2 is 1.76 bits per heavy atom. The highest BCUT2D eigenvalue weighted by Gasteiger charge is 1.89. The second-order valence-corrected chi connectivity index (χ2v) is 3.07. The lowest BCUT2D eigenvalue weighted by Gasteiger charge is -1.93. The molecule has 0 N–H and O–H groups in total. The maximum atomic E-state index is 7.32. The van der Waals surface area contributed by atoms with E-state index in [1.54, 1.807) is 6.07 Å². The van der Waals surface area contributed by atoms with E-state index in [1.807, 2.05) is 24.3 Å². The molecule has 17 heavy (non-hydrogen) atoms. The van der Waals surface area contributed by atoms with Gasteiger partial charge in [-0.2, -0.15) is 5.26 Å². The summed E-state index contributed by atoms with van der Waals surface area (Å²) < 4.78 is 0. The number of hydrogen-bond acceptors (Lipinski definition) is 1. The van der Waals surface area contributed by atoms with Gasteiger partial charge in [0.05, 0.1) is 12.6 Å². The average Bonchev–Trinajstić information content (AvgIpc) is 2.31. The van der Waals surface area contributed by atoms with E-state index in [2.05, 4.69) is 25.6 Å². The molecule has 0 saturated heterocycles. The molecule has 2 nitrogen and oxygen atoms in total. The fourth-order valence-corrected chi connectivity index (χ4v) is 0.846. The average molecular weight is 232 g/mol. The van der Waals surface area contributed by atoms with Crippen LogP contribution in [0, 0.1) is 17.9 Å². The minimum Gasteiger partial charge on any atom is -0.238 e. The fraction of sp³-hybridized carbons (Fsp3) is 0.467. The Morgan fingerprint density at radius 3 is 2.12 bits per heavy atom. The Morgan fingerprint density at radius 1 is 1.29 bits per heavy atom. The SMILES string of the molecule is C.CC#N.CCC.[C-]#[N+]c1cccc(CC)c1. The van der Waals surface area contributed by atoms with Gasteiger partial charge in [-0.05, 0) is 6.42 Å². The zero-order chi connectivity index (χ0) is 12.8. The molecule has 0 saturated carbocycles. The molecule has 0 aromatic heterocycles. The summed E-state index contributed by atoms with van der Waals surface area (Å²) in [5.74, 6) is 0. The Bertz CT molecular complexity index is 343. The largest absolute Gasteiger partial charge is 0.238 e. The zero-order valence-corrected chi connectivity index (χ0v) is 10.6. The highest BCUT2D eigenvalue weighted by atomic mass is 14.6. The van der Waals surface area contributed by atoms with Gasteiger partial charge in [-0.15, -0.1) is 0 Å². The van der Waals surface area contributed by atoms with Gasteiger partial charge < -0.3 is 0 Å². The lowest BCUT2D eigenvalue weighted by atomic mass is 10.1. The molecule has 0 radical (unpaired) electrons.